The maximum absolute atomic E-state index is 2.75. The van der Waals surface area contributed by atoms with Crippen molar-refractivity contribution in [2.45, 2.75) is 54.6 Å². The summed E-state index contributed by atoms with van der Waals surface area (Å²) in [6.07, 6.45) is 11.4. The van der Waals surface area contributed by atoms with Gasteiger partial charge in [0.1, 0.15) is 0 Å². The van der Waals surface area contributed by atoms with Gasteiger partial charge in [0, 0.05) is 9.17 Å². The molecule has 0 aromatic heterocycles. The molecule has 3 rings (SSSR count). The van der Waals surface area contributed by atoms with Crippen LogP contribution in [0.2, 0.25) is 0 Å². The Bertz CT molecular complexity index is 301. The van der Waals surface area contributed by atoms with Crippen LogP contribution in [-0.4, -0.2) is 9.17 Å². The van der Waals surface area contributed by atoms with Crippen LogP contribution in [0.15, 0.2) is 11.5 Å². The molecule has 1 aliphatic heterocycles. The van der Waals surface area contributed by atoms with E-state index in [4.69, 9.17) is 0 Å². The highest BCUT2D eigenvalue weighted by Gasteiger charge is 2.42. The lowest BCUT2D eigenvalue weighted by Crippen LogP contribution is -2.39. The molecule has 0 nitrogen and oxygen atoms in total. The van der Waals surface area contributed by atoms with Crippen LogP contribution in [0.25, 0.3) is 0 Å². The van der Waals surface area contributed by atoms with Gasteiger partial charge < -0.3 is 0 Å². The van der Waals surface area contributed by atoms with Gasteiger partial charge in [0.05, 0.1) is 0 Å². The smallest absolute Gasteiger partial charge is 0.0154 e. The number of hydrogen-bond donors (Lipinski definition) is 0. The van der Waals surface area contributed by atoms with Crippen molar-refractivity contribution in [1.82, 2.24) is 0 Å². The first-order valence-corrected chi connectivity index (χ1v) is 9.42. The highest BCUT2D eigenvalue weighted by atomic mass is 127. The minimum Gasteiger partial charge on any atom is -0.130 e. The van der Waals surface area contributed by atoms with E-state index in [-0.39, 0.29) is 0 Å². The number of rotatable bonds is 1. The van der Waals surface area contributed by atoms with Crippen LogP contribution in [0.5, 0.6) is 0 Å². The van der Waals surface area contributed by atoms with Crippen LogP contribution < -0.4 is 0 Å². The first kappa shape index (κ1) is 12.8. The highest BCUT2D eigenvalue weighted by Crippen LogP contribution is 2.51. The Kier molecular flexibility index (Phi) is 4.11. The molecule has 0 bridgehead atoms. The SMILES string of the molecule is CC1C2C=CSC2CCC1C1CCCCC1I. The molecule has 0 amide bonds. The van der Waals surface area contributed by atoms with Crippen molar-refractivity contribution in [3.63, 3.8) is 0 Å². The normalized spacial score (nSPS) is 50.2. The average molecular weight is 362 g/mol. The Hall–Kier alpha value is 0.820. The van der Waals surface area contributed by atoms with E-state index in [0.717, 1.165) is 32.8 Å². The topological polar surface area (TPSA) is 0 Å². The predicted octanol–water partition coefficient (Wildman–Crippen LogP) is 5.27. The molecule has 0 radical (unpaired) electrons. The molecule has 6 atom stereocenters. The van der Waals surface area contributed by atoms with Crippen molar-refractivity contribution in [3.8, 4) is 0 Å². The summed E-state index contributed by atoms with van der Waals surface area (Å²) in [6.45, 7) is 2.54. The standard InChI is InChI=1S/C15H23IS/c1-10-11(13-4-2-3-5-14(13)16)6-7-15-12(10)8-9-17-15/h8-15H,2-7H2,1H3. The molecule has 0 N–H and O–H groups in total. The second-order valence-electron chi connectivity index (χ2n) is 6.15. The summed E-state index contributed by atoms with van der Waals surface area (Å²) in [4.78, 5) is 0. The Morgan fingerprint density at radius 3 is 2.71 bits per heavy atom. The molecule has 6 unspecified atom stereocenters. The van der Waals surface area contributed by atoms with E-state index in [9.17, 15) is 0 Å². The molecule has 2 fully saturated rings. The van der Waals surface area contributed by atoms with Gasteiger partial charge in [-0.2, -0.15) is 0 Å². The molecular formula is C15H23IS. The first-order chi connectivity index (χ1) is 8.27. The quantitative estimate of drug-likeness (QED) is 0.452. The molecule has 2 saturated carbocycles. The van der Waals surface area contributed by atoms with Gasteiger partial charge in [-0.15, -0.1) is 11.8 Å². The summed E-state index contributed by atoms with van der Waals surface area (Å²) in [5, 5.41) is 3.30. The molecule has 0 saturated heterocycles. The number of hydrogen-bond acceptors (Lipinski definition) is 1. The largest absolute Gasteiger partial charge is 0.130 e. The van der Waals surface area contributed by atoms with E-state index in [1.54, 1.807) is 0 Å². The van der Waals surface area contributed by atoms with Gasteiger partial charge in [0.15, 0.2) is 0 Å². The number of fused-ring (bicyclic) bond motifs is 1. The summed E-state index contributed by atoms with van der Waals surface area (Å²) in [7, 11) is 0. The molecule has 0 spiro atoms. The lowest BCUT2D eigenvalue weighted by molar-refractivity contribution is 0.124. The zero-order chi connectivity index (χ0) is 11.8. The van der Waals surface area contributed by atoms with Gasteiger partial charge in [0.25, 0.3) is 0 Å². The molecule has 96 valence electrons. The van der Waals surface area contributed by atoms with Crippen LogP contribution in [0.1, 0.15) is 45.4 Å². The number of alkyl halides is 1. The minimum atomic E-state index is 0.893. The van der Waals surface area contributed by atoms with Crippen molar-refractivity contribution in [3.05, 3.63) is 11.5 Å². The van der Waals surface area contributed by atoms with Crippen LogP contribution in [0.3, 0.4) is 0 Å². The third kappa shape index (κ3) is 2.45. The number of allylic oxidation sites excluding steroid dienone is 1. The van der Waals surface area contributed by atoms with E-state index >= 15 is 0 Å². The summed E-state index contributed by atoms with van der Waals surface area (Å²) >= 11 is 4.85. The molecule has 2 heteroatoms. The maximum Gasteiger partial charge on any atom is 0.0154 e. The Morgan fingerprint density at radius 1 is 1.06 bits per heavy atom. The second-order valence-corrected chi connectivity index (χ2v) is 8.89. The Balaban J connectivity index is 1.72. The average Bonchev–Trinajstić information content (AvgIpc) is 2.80. The van der Waals surface area contributed by atoms with Gasteiger partial charge in [0.2, 0.25) is 0 Å². The predicted molar refractivity (Wildman–Crippen MR) is 85.7 cm³/mol. The van der Waals surface area contributed by atoms with E-state index in [2.05, 4.69) is 52.8 Å². The van der Waals surface area contributed by atoms with Crippen molar-refractivity contribution >= 4 is 34.4 Å². The summed E-state index contributed by atoms with van der Waals surface area (Å²) in [5.74, 6) is 3.87. The molecule has 3 aliphatic rings. The molecule has 2 aliphatic carbocycles. The monoisotopic (exact) mass is 362 g/mol. The Labute approximate surface area is 124 Å². The van der Waals surface area contributed by atoms with Gasteiger partial charge in [-0.05, 0) is 54.8 Å². The van der Waals surface area contributed by atoms with Crippen LogP contribution in [-0.2, 0) is 0 Å². The fraction of sp³-hybridized carbons (Fsp3) is 0.867. The number of thioether (sulfide) groups is 1. The minimum absolute atomic E-state index is 0.893. The number of halogens is 1. The van der Waals surface area contributed by atoms with Crippen LogP contribution in [0.4, 0.5) is 0 Å². The molecule has 1 heterocycles. The van der Waals surface area contributed by atoms with Crippen LogP contribution in [0, 0.1) is 23.7 Å². The zero-order valence-corrected chi connectivity index (χ0v) is 13.6. The molecule has 0 aromatic rings. The summed E-state index contributed by atoms with van der Waals surface area (Å²) < 4.78 is 0.961. The fourth-order valence-electron chi connectivity index (χ4n) is 4.33. The van der Waals surface area contributed by atoms with Crippen molar-refractivity contribution in [2.24, 2.45) is 23.7 Å². The van der Waals surface area contributed by atoms with E-state index < -0.39 is 0 Å². The van der Waals surface area contributed by atoms with E-state index in [1.165, 1.54) is 38.5 Å². The second kappa shape index (κ2) is 5.44. The molecule has 0 aromatic carbocycles. The third-order valence-electron chi connectivity index (χ3n) is 5.33. The van der Waals surface area contributed by atoms with Gasteiger partial charge in [-0.1, -0.05) is 48.4 Å². The lowest BCUT2D eigenvalue weighted by atomic mass is 9.64. The molecule has 17 heavy (non-hydrogen) atoms. The summed E-state index contributed by atoms with van der Waals surface area (Å²) in [6, 6.07) is 0. The lowest BCUT2D eigenvalue weighted by Gasteiger charge is -2.44. The molecular weight excluding hydrogens is 339 g/mol. The zero-order valence-electron chi connectivity index (χ0n) is 10.6. The van der Waals surface area contributed by atoms with Gasteiger partial charge in [-0.3, -0.25) is 0 Å². The first-order valence-electron chi connectivity index (χ1n) is 7.23. The maximum atomic E-state index is 2.75. The fourth-order valence-corrected chi connectivity index (χ4v) is 6.93. The van der Waals surface area contributed by atoms with Crippen molar-refractivity contribution < 1.29 is 0 Å². The van der Waals surface area contributed by atoms with Gasteiger partial charge >= 0.3 is 0 Å². The van der Waals surface area contributed by atoms with Crippen LogP contribution >= 0.6 is 34.4 Å². The third-order valence-corrected chi connectivity index (χ3v) is 8.09. The summed E-state index contributed by atoms with van der Waals surface area (Å²) in [5.41, 5.74) is 0. The van der Waals surface area contributed by atoms with E-state index in [0.29, 0.717) is 0 Å². The Morgan fingerprint density at radius 2 is 1.88 bits per heavy atom. The highest BCUT2D eigenvalue weighted by molar-refractivity contribution is 14.1. The van der Waals surface area contributed by atoms with E-state index in [1.807, 2.05) is 0 Å². The van der Waals surface area contributed by atoms with Crippen molar-refractivity contribution in [1.29, 1.82) is 0 Å². The van der Waals surface area contributed by atoms with Gasteiger partial charge in [-0.25, -0.2) is 0 Å². The van der Waals surface area contributed by atoms with Crippen molar-refractivity contribution in [2.75, 3.05) is 0 Å².